The van der Waals surface area contributed by atoms with Gasteiger partial charge in [0.2, 0.25) is 0 Å². The molecule has 2 atom stereocenters. The summed E-state index contributed by atoms with van der Waals surface area (Å²) in [6.45, 7) is 13.4. The number of hydrogen-bond donors (Lipinski definition) is 1. The van der Waals surface area contributed by atoms with E-state index >= 15 is 0 Å². The number of aromatic nitrogens is 1. The van der Waals surface area contributed by atoms with Gasteiger partial charge >= 0.3 is 0 Å². The number of nitrogens with two attached hydrogens (primary N) is 1. The highest BCUT2D eigenvalue weighted by molar-refractivity contribution is 6.12. The minimum Gasteiger partial charge on any atom is -0.318 e. The van der Waals surface area contributed by atoms with Crippen LogP contribution in [0.2, 0.25) is 0 Å². The molecule has 1 spiro atoms. The summed E-state index contributed by atoms with van der Waals surface area (Å²) in [6.07, 6.45) is 2.64. The predicted molar refractivity (Wildman–Crippen MR) is 259 cm³/mol. The summed E-state index contributed by atoms with van der Waals surface area (Å²) >= 11 is 0. The van der Waals surface area contributed by atoms with E-state index in [1.54, 1.807) is 0 Å². The third-order valence-electron chi connectivity index (χ3n) is 13.4. The van der Waals surface area contributed by atoms with Crippen molar-refractivity contribution in [1.29, 1.82) is 0 Å². The van der Waals surface area contributed by atoms with Crippen LogP contribution in [0.3, 0.4) is 0 Å². The van der Waals surface area contributed by atoms with Gasteiger partial charge in [-0.3, -0.25) is 0 Å². The van der Waals surface area contributed by atoms with E-state index in [0.29, 0.717) is 0 Å². The number of rotatable bonds is 4. The van der Waals surface area contributed by atoms with E-state index in [9.17, 15) is 0 Å². The molecule has 2 N–H and O–H groups in total. The second-order valence-corrected chi connectivity index (χ2v) is 17.5. The zero-order valence-corrected chi connectivity index (χ0v) is 36.4. The smallest absolute Gasteiger partial charge is 0.0748 e. The van der Waals surface area contributed by atoms with Gasteiger partial charge in [-0.1, -0.05) is 228 Å². The molecule has 0 radical (unpaired) electrons. The zero-order valence-electron chi connectivity index (χ0n) is 36.4. The molecule has 2 aliphatic rings. The molecule has 0 amide bonds. The molecule has 11 rings (SSSR count). The Bertz CT molecular complexity index is 2980. The van der Waals surface area contributed by atoms with E-state index in [1.165, 1.54) is 90.4 Å². The van der Waals surface area contributed by atoms with Gasteiger partial charge < -0.3 is 10.3 Å². The van der Waals surface area contributed by atoms with Crippen molar-refractivity contribution in [3.05, 3.63) is 244 Å². The summed E-state index contributed by atoms with van der Waals surface area (Å²) < 4.78 is 2.52. The Labute approximate surface area is 362 Å². The van der Waals surface area contributed by atoms with Gasteiger partial charge in [-0.05, 0) is 81.6 Å². The third kappa shape index (κ3) is 6.35. The van der Waals surface area contributed by atoms with Crippen molar-refractivity contribution in [2.24, 2.45) is 5.73 Å². The molecule has 302 valence electrons. The number of aryl methyl sites for hydroxylation is 1. The lowest BCUT2D eigenvalue weighted by atomic mass is 9.52. The highest BCUT2D eigenvalue weighted by atomic mass is 15.0. The lowest BCUT2D eigenvalue weighted by molar-refractivity contribution is 0.558. The van der Waals surface area contributed by atoms with Crippen LogP contribution in [-0.4, -0.2) is 4.57 Å². The van der Waals surface area contributed by atoms with E-state index in [2.05, 4.69) is 216 Å². The summed E-state index contributed by atoms with van der Waals surface area (Å²) in [5, 5.41) is 2.59. The van der Waals surface area contributed by atoms with Crippen molar-refractivity contribution >= 4 is 21.8 Å². The molecule has 2 heteroatoms. The maximum absolute atomic E-state index is 7.00. The summed E-state index contributed by atoms with van der Waals surface area (Å²) in [7, 11) is 0. The van der Waals surface area contributed by atoms with Crippen LogP contribution in [0, 0.1) is 6.92 Å². The highest BCUT2D eigenvalue weighted by Crippen LogP contribution is 2.61. The largest absolute Gasteiger partial charge is 0.318 e. The van der Waals surface area contributed by atoms with Gasteiger partial charge in [-0.15, -0.1) is 0 Å². The molecule has 0 saturated heterocycles. The van der Waals surface area contributed by atoms with Crippen molar-refractivity contribution in [3.8, 4) is 16.8 Å². The molecule has 0 saturated carbocycles. The number of unbranched alkanes of at least 4 members (excludes halogenated alkanes) is 1. The maximum atomic E-state index is 7.00. The van der Waals surface area contributed by atoms with Crippen LogP contribution < -0.4 is 5.73 Å². The Balaban J connectivity index is 0.000000383. The number of nitrogens with zero attached hydrogens (tertiary/aromatic N) is 1. The van der Waals surface area contributed by atoms with Gasteiger partial charge in [0.05, 0.1) is 27.7 Å². The Kier molecular flexibility index (Phi) is 10.4. The second-order valence-electron chi connectivity index (χ2n) is 17.5. The first-order valence-corrected chi connectivity index (χ1v) is 22.0. The van der Waals surface area contributed by atoms with Crippen LogP contribution in [0.5, 0.6) is 0 Å². The molecule has 2 unspecified atom stereocenters. The van der Waals surface area contributed by atoms with E-state index in [0.717, 1.165) is 11.1 Å². The van der Waals surface area contributed by atoms with E-state index in [1.807, 2.05) is 24.3 Å². The van der Waals surface area contributed by atoms with Crippen LogP contribution in [0.15, 0.2) is 194 Å². The second kappa shape index (κ2) is 15.8. The van der Waals surface area contributed by atoms with Crippen LogP contribution in [0.25, 0.3) is 38.6 Å². The fourth-order valence-corrected chi connectivity index (χ4v) is 10.2. The molecule has 0 bridgehead atoms. The van der Waals surface area contributed by atoms with Crippen LogP contribution in [0.1, 0.15) is 97.5 Å². The Hall–Kier alpha value is -6.48. The van der Waals surface area contributed by atoms with Gasteiger partial charge in [0, 0.05) is 16.2 Å². The number of hydrogen-bond acceptors (Lipinski definition) is 1. The predicted octanol–water partition coefficient (Wildman–Crippen LogP) is 14.8. The quantitative estimate of drug-likeness (QED) is 0.189. The number of benzene rings is 8. The minimum absolute atomic E-state index is 0.258. The van der Waals surface area contributed by atoms with Gasteiger partial charge in [-0.2, -0.15) is 0 Å². The SMILES string of the molecule is CC1(C)c2ccccc2C2(c3ccccc3-n3c4ccccc4c4cccc2c43)c2cccc(-c3ccc(C(C)(N)c4ccccc4)cc3)c21.CCCC.Cc1ccccc1. The third-order valence-corrected chi connectivity index (χ3v) is 13.4. The standard InChI is InChI=1S/C48H38N2.C7H8.C4H10/c1-46(2)37-20-8-9-21-38(37)48(39-22-10-12-26-43(39)50-42-25-11-7-17-35(42)36-19-14-24-41(48)45(36)50)40-23-13-18-34(44(40)46)31-27-29-33(30-28-31)47(3,49)32-15-5-4-6-16-32;1-7-5-3-2-4-6-7;1-3-4-2/h4-30H,49H2,1-3H3;2-6H,1H3;3-4H2,1-2H3. The van der Waals surface area contributed by atoms with Crippen molar-refractivity contribution in [3.63, 3.8) is 0 Å². The molecular weight excluding hydrogens is 737 g/mol. The zero-order chi connectivity index (χ0) is 42.4. The van der Waals surface area contributed by atoms with Crippen LogP contribution >= 0.6 is 0 Å². The van der Waals surface area contributed by atoms with Crippen LogP contribution in [0.4, 0.5) is 0 Å². The highest BCUT2D eigenvalue weighted by Gasteiger charge is 2.53. The Morgan fingerprint density at radius 2 is 1.02 bits per heavy atom. The molecular formula is C59H56N2. The molecule has 1 aliphatic carbocycles. The monoisotopic (exact) mass is 792 g/mol. The van der Waals surface area contributed by atoms with Gasteiger partial charge in [0.15, 0.2) is 0 Å². The molecule has 61 heavy (non-hydrogen) atoms. The summed E-state index contributed by atoms with van der Waals surface area (Å²) in [6, 6.07) is 70.8. The molecule has 1 aromatic heterocycles. The van der Waals surface area contributed by atoms with Gasteiger partial charge in [0.25, 0.3) is 0 Å². The van der Waals surface area contributed by atoms with Gasteiger partial charge in [-0.25, -0.2) is 0 Å². The van der Waals surface area contributed by atoms with E-state index in [-0.39, 0.29) is 5.41 Å². The average Bonchev–Trinajstić information content (AvgIpc) is 3.65. The number of para-hydroxylation sites is 3. The van der Waals surface area contributed by atoms with Crippen molar-refractivity contribution in [2.75, 3.05) is 0 Å². The molecule has 8 aromatic carbocycles. The molecule has 2 heterocycles. The maximum Gasteiger partial charge on any atom is 0.0748 e. The van der Waals surface area contributed by atoms with Crippen molar-refractivity contribution in [2.45, 2.75) is 70.8 Å². The summed E-state index contributed by atoms with van der Waals surface area (Å²) in [5.41, 5.74) is 23.5. The topological polar surface area (TPSA) is 30.9 Å². The van der Waals surface area contributed by atoms with Crippen LogP contribution in [-0.2, 0) is 16.4 Å². The minimum atomic E-state index is -0.596. The normalized spacial score (nSPS) is 16.2. The molecule has 1 aliphatic heterocycles. The van der Waals surface area contributed by atoms with Gasteiger partial charge in [0.1, 0.15) is 0 Å². The molecule has 9 aromatic rings. The number of fused-ring (bicyclic) bond motifs is 11. The van der Waals surface area contributed by atoms with Crippen molar-refractivity contribution in [1.82, 2.24) is 4.57 Å². The fourth-order valence-electron chi connectivity index (χ4n) is 10.2. The first-order chi connectivity index (χ1) is 29.6. The lowest BCUT2D eigenvalue weighted by Gasteiger charge is -2.50. The van der Waals surface area contributed by atoms with E-state index in [4.69, 9.17) is 5.73 Å². The molecule has 0 fully saturated rings. The Morgan fingerprint density at radius 3 is 1.69 bits per heavy atom. The summed E-state index contributed by atoms with van der Waals surface area (Å²) in [5.74, 6) is 0. The Morgan fingerprint density at radius 1 is 0.492 bits per heavy atom. The fraction of sp³-hybridized carbons (Fsp3) is 0.186. The first kappa shape index (κ1) is 40.0. The average molecular weight is 793 g/mol. The first-order valence-electron chi connectivity index (χ1n) is 22.0. The van der Waals surface area contributed by atoms with Crippen molar-refractivity contribution < 1.29 is 0 Å². The summed E-state index contributed by atoms with van der Waals surface area (Å²) in [4.78, 5) is 0. The lowest BCUT2D eigenvalue weighted by Crippen LogP contribution is -2.44. The molecule has 2 nitrogen and oxygen atoms in total. The van der Waals surface area contributed by atoms with E-state index < -0.39 is 11.0 Å².